The number of rotatable bonds is 5. The summed E-state index contributed by atoms with van der Waals surface area (Å²) in [7, 11) is 0. The van der Waals surface area contributed by atoms with Crippen molar-refractivity contribution in [2.75, 3.05) is 0 Å². The van der Waals surface area contributed by atoms with E-state index in [1.54, 1.807) is 6.08 Å². The van der Waals surface area contributed by atoms with Crippen molar-refractivity contribution in [1.29, 1.82) is 0 Å². The minimum Gasteiger partial charge on any atom is -0.449 e. The molecule has 0 N–H and O–H groups in total. The van der Waals surface area contributed by atoms with Crippen LogP contribution in [0.25, 0.3) is 6.08 Å². The van der Waals surface area contributed by atoms with E-state index in [0.29, 0.717) is 0 Å². The number of hydrogen-bond donors (Lipinski definition) is 0. The van der Waals surface area contributed by atoms with E-state index < -0.39 is 6.10 Å². The van der Waals surface area contributed by atoms with Gasteiger partial charge in [0.25, 0.3) is 0 Å². The summed E-state index contributed by atoms with van der Waals surface area (Å²) in [6, 6.07) is 27.5. The molecule has 0 amide bonds. The Hall–Kier alpha value is -3.13. The van der Waals surface area contributed by atoms with Crippen LogP contribution in [-0.4, -0.2) is 5.97 Å². The molecule has 0 aliphatic heterocycles. The first-order valence-electron chi connectivity index (χ1n) is 8.27. The van der Waals surface area contributed by atoms with Gasteiger partial charge in [-0.2, -0.15) is 0 Å². The molecule has 0 aromatic heterocycles. The van der Waals surface area contributed by atoms with Crippen molar-refractivity contribution < 1.29 is 9.53 Å². The number of ether oxygens (including phenoxy) is 1. The standard InChI is InChI=1S/C23H20O2/c1-18-12-14-19(15-13-18)16-17-22(24)25-23(20-8-4-2-5-9-20)21-10-6-3-7-11-21/h2-17,23H,1H3/b17-16+. The van der Waals surface area contributed by atoms with Crippen molar-refractivity contribution in [3.8, 4) is 0 Å². The summed E-state index contributed by atoms with van der Waals surface area (Å²) in [6.45, 7) is 2.03. The molecule has 0 bridgehead atoms. The van der Waals surface area contributed by atoms with Crippen LogP contribution in [0.3, 0.4) is 0 Å². The second-order valence-electron chi connectivity index (χ2n) is 5.88. The van der Waals surface area contributed by atoms with Crippen LogP contribution in [0.4, 0.5) is 0 Å². The summed E-state index contributed by atoms with van der Waals surface area (Å²) < 4.78 is 5.74. The summed E-state index contributed by atoms with van der Waals surface area (Å²) in [4.78, 5) is 12.3. The van der Waals surface area contributed by atoms with E-state index in [1.807, 2.05) is 91.9 Å². The molecule has 124 valence electrons. The van der Waals surface area contributed by atoms with E-state index in [2.05, 4.69) is 0 Å². The zero-order valence-corrected chi connectivity index (χ0v) is 14.1. The number of carbonyl (C=O) groups excluding carboxylic acids is 1. The molecule has 0 unspecified atom stereocenters. The van der Waals surface area contributed by atoms with Crippen molar-refractivity contribution in [3.05, 3.63) is 113 Å². The molecule has 0 aliphatic carbocycles. The van der Waals surface area contributed by atoms with Crippen LogP contribution >= 0.6 is 0 Å². The highest BCUT2D eigenvalue weighted by molar-refractivity contribution is 5.87. The van der Waals surface area contributed by atoms with E-state index in [-0.39, 0.29) is 5.97 Å². The third-order valence-electron chi connectivity index (χ3n) is 3.93. The van der Waals surface area contributed by atoms with Gasteiger partial charge in [-0.3, -0.25) is 0 Å². The average molecular weight is 328 g/mol. The Morgan fingerprint density at radius 2 is 1.32 bits per heavy atom. The third kappa shape index (κ3) is 4.67. The fraction of sp³-hybridized carbons (Fsp3) is 0.0870. The lowest BCUT2D eigenvalue weighted by molar-refractivity contribution is -0.141. The predicted octanol–water partition coefficient (Wildman–Crippen LogP) is 5.34. The minimum absolute atomic E-state index is 0.363. The fourth-order valence-corrected chi connectivity index (χ4v) is 2.58. The van der Waals surface area contributed by atoms with Crippen molar-refractivity contribution in [2.45, 2.75) is 13.0 Å². The summed E-state index contributed by atoms with van der Waals surface area (Å²) in [5.41, 5.74) is 4.06. The maximum absolute atomic E-state index is 12.3. The lowest BCUT2D eigenvalue weighted by Crippen LogP contribution is -2.10. The molecule has 0 saturated heterocycles. The first kappa shape index (κ1) is 16.7. The monoisotopic (exact) mass is 328 g/mol. The summed E-state index contributed by atoms with van der Waals surface area (Å²) in [5.74, 6) is -0.363. The summed E-state index contributed by atoms with van der Waals surface area (Å²) >= 11 is 0. The molecule has 3 rings (SSSR count). The molecule has 0 saturated carbocycles. The van der Waals surface area contributed by atoms with Crippen LogP contribution < -0.4 is 0 Å². The highest BCUT2D eigenvalue weighted by Crippen LogP contribution is 2.26. The number of carbonyl (C=O) groups is 1. The molecule has 0 atom stereocenters. The maximum Gasteiger partial charge on any atom is 0.331 e. The molecule has 3 aromatic rings. The van der Waals surface area contributed by atoms with Gasteiger partial charge in [-0.15, -0.1) is 0 Å². The Labute approximate surface area is 148 Å². The van der Waals surface area contributed by atoms with E-state index in [4.69, 9.17) is 4.74 Å². The van der Waals surface area contributed by atoms with Gasteiger partial charge in [-0.1, -0.05) is 90.5 Å². The van der Waals surface area contributed by atoms with Crippen LogP contribution in [0.15, 0.2) is 91.0 Å². The number of hydrogen-bond acceptors (Lipinski definition) is 2. The molecule has 0 fully saturated rings. The Kier molecular flexibility index (Phi) is 5.43. The first-order valence-corrected chi connectivity index (χ1v) is 8.27. The SMILES string of the molecule is Cc1ccc(/C=C/C(=O)OC(c2ccccc2)c2ccccc2)cc1. The molecule has 25 heavy (non-hydrogen) atoms. The Bertz CT molecular complexity index is 795. The Morgan fingerprint density at radius 1 is 0.800 bits per heavy atom. The second kappa shape index (κ2) is 8.11. The van der Waals surface area contributed by atoms with Gasteiger partial charge in [0.05, 0.1) is 0 Å². The van der Waals surface area contributed by atoms with Gasteiger partial charge >= 0.3 is 5.97 Å². The van der Waals surface area contributed by atoms with Gasteiger partial charge in [-0.05, 0) is 29.7 Å². The number of aryl methyl sites for hydroxylation is 1. The van der Waals surface area contributed by atoms with Gasteiger partial charge in [0.2, 0.25) is 0 Å². The highest BCUT2D eigenvalue weighted by Gasteiger charge is 2.17. The lowest BCUT2D eigenvalue weighted by Gasteiger charge is -2.18. The van der Waals surface area contributed by atoms with E-state index >= 15 is 0 Å². The highest BCUT2D eigenvalue weighted by atomic mass is 16.5. The van der Waals surface area contributed by atoms with Gasteiger partial charge in [0, 0.05) is 6.08 Å². The maximum atomic E-state index is 12.3. The Balaban J connectivity index is 1.78. The van der Waals surface area contributed by atoms with Gasteiger partial charge in [0.15, 0.2) is 6.10 Å². The number of esters is 1. The lowest BCUT2D eigenvalue weighted by atomic mass is 10.0. The van der Waals surface area contributed by atoms with E-state index in [9.17, 15) is 4.79 Å². The van der Waals surface area contributed by atoms with Crippen LogP contribution in [0.5, 0.6) is 0 Å². The zero-order valence-electron chi connectivity index (χ0n) is 14.1. The summed E-state index contributed by atoms with van der Waals surface area (Å²) in [6.07, 6.45) is 2.83. The smallest absolute Gasteiger partial charge is 0.331 e. The molecule has 2 heteroatoms. The van der Waals surface area contributed by atoms with Crippen molar-refractivity contribution >= 4 is 12.0 Å². The molecule has 3 aromatic carbocycles. The topological polar surface area (TPSA) is 26.3 Å². The summed E-state index contributed by atoms with van der Waals surface area (Å²) in [5, 5.41) is 0. The van der Waals surface area contributed by atoms with Gasteiger partial charge in [-0.25, -0.2) is 4.79 Å². The molecule has 0 heterocycles. The van der Waals surface area contributed by atoms with Crippen LogP contribution in [0, 0.1) is 6.92 Å². The minimum atomic E-state index is -0.419. The van der Waals surface area contributed by atoms with Crippen molar-refractivity contribution in [1.82, 2.24) is 0 Å². The second-order valence-corrected chi connectivity index (χ2v) is 5.88. The quantitative estimate of drug-likeness (QED) is 0.467. The van der Waals surface area contributed by atoms with Crippen LogP contribution in [0.1, 0.15) is 28.4 Å². The largest absolute Gasteiger partial charge is 0.449 e. The van der Waals surface area contributed by atoms with Crippen LogP contribution in [-0.2, 0) is 9.53 Å². The third-order valence-corrected chi connectivity index (χ3v) is 3.93. The zero-order chi connectivity index (χ0) is 17.5. The molecule has 2 nitrogen and oxygen atoms in total. The fourth-order valence-electron chi connectivity index (χ4n) is 2.58. The molecule has 0 spiro atoms. The average Bonchev–Trinajstić information content (AvgIpc) is 2.67. The Morgan fingerprint density at radius 3 is 1.84 bits per heavy atom. The molecule has 0 radical (unpaired) electrons. The van der Waals surface area contributed by atoms with Gasteiger partial charge < -0.3 is 4.74 Å². The predicted molar refractivity (Wildman–Crippen MR) is 101 cm³/mol. The normalized spacial score (nSPS) is 11.0. The molecular formula is C23H20O2. The van der Waals surface area contributed by atoms with Crippen LogP contribution in [0.2, 0.25) is 0 Å². The van der Waals surface area contributed by atoms with Gasteiger partial charge in [0.1, 0.15) is 0 Å². The number of benzene rings is 3. The van der Waals surface area contributed by atoms with E-state index in [1.165, 1.54) is 11.6 Å². The molecule has 0 aliphatic rings. The van der Waals surface area contributed by atoms with Crippen molar-refractivity contribution in [2.24, 2.45) is 0 Å². The first-order chi connectivity index (χ1) is 12.2. The van der Waals surface area contributed by atoms with E-state index in [0.717, 1.165) is 16.7 Å². The van der Waals surface area contributed by atoms with Crippen molar-refractivity contribution in [3.63, 3.8) is 0 Å². The molecular weight excluding hydrogens is 308 g/mol.